The van der Waals surface area contributed by atoms with Crippen LogP contribution in [-0.2, 0) is 11.3 Å². The van der Waals surface area contributed by atoms with Gasteiger partial charge < -0.3 is 9.64 Å². The third kappa shape index (κ3) is 4.72. The van der Waals surface area contributed by atoms with Crippen LogP contribution in [0.5, 0.6) is 0 Å². The molecule has 7 heteroatoms. The highest BCUT2D eigenvalue weighted by molar-refractivity contribution is 5.93. The standard InChI is InChI=1S/C25H31N5O2/c1-5-32-15-21-14-26-18(4)27-24(21)19-8-10-30(11-9-19)25(31)23-13-22(28-29-23)20-7-6-16(2)17(3)12-20/h6-7,12-14,19H,5,8-11,15H2,1-4H3,(H,28,29). The number of aromatic nitrogens is 4. The molecular formula is C25H31N5O2. The van der Waals surface area contributed by atoms with Gasteiger partial charge in [-0.05, 0) is 63.8 Å². The van der Waals surface area contributed by atoms with E-state index in [-0.39, 0.29) is 5.91 Å². The van der Waals surface area contributed by atoms with E-state index in [9.17, 15) is 4.79 Å². The third-order valence-electron chi connectivity index (χ3n) is 6.26. The molecule has 0 atom stereocenters. The van der Waals surface area contributed by atoms with E-state index in [1.807, 2.05) is 37.1 Å². The van der Waals surface area contributed by atoms with Crippen molar-refractivity contribution in [3.05, 3.63) is 64.4 Å². The first-order valence-electron chi connectivity index (χ1n) is 11.3. The van der Waals surface area contributed by atoms with Gasteiger partial charge in [0.15, 0.2) is 0 Å². The Hall–Kier alpha value is -3.06. The van der Waals surface area contributed by atoms with Crippen molar-refractivity contribution in [2.75, 3.05) is 19.7 Å². The first-order chi connectivity index (χ1) is 15.5. The number of benzene rings is 1. The number of hydrogen-bond donors (Lipinski definition) is 1. The van der Waals surface area contributed by atoms with E-state index in [1.165, 1.54) is 11.1 Å². The number of hydrogen-bond acceptors (Lipinski definition) is 5. The van der Waals surface area contributed by atoms with Crippen LogP contribution < -0.4 is 0 Å². The minimum Gasteiger partial charge on any atom is -0.377 e. The second-order valence-electron chi connectivity index (χ2n) is 8.50. The van der Waals surface area contributed by atoms with Gasteiger partial charge in [-0.25, -0.2) is 9.97 Å². The number of nitrogens with zero attached hydrogens (tertiary/aromatic N) is 4. The van der Waals surface area contributed by atoms with Gasteiger partial charge in [-0.2, -0.15) is 5.10 Å². The Morgan fingerprint density at radius 1 is 1.16 bits per heavy atom. The number of aromatic amines is 1. The zero-order valence-electron chi connectivity index (χ0n) is 19.3. The average molecular weight is 434 g/mol. The molecule has 0 bridgehead atoms. The van der Waals surface area contributed by atoms with Crippen LogP contribution in [-0.4, -0.2) is 50.7 Å². The molecule has 1 N–H and O–H groups in total. The third-order valence-corrected chi connectivity index (χ3v) is 6.26. The summed E-state index contributed by atoms with van der Waals surface area (Å²) in [5.74, 6) is 1.08. The molecule has 0 radical (unpaired) electrons. The first kappa shape index (κ1) is 22.1. The van der Waals surface area contributed by atoms with Crippen molar-refractivity contribution in [3.8, 4) is 11.3 Å². The van der Waals surface area contributed by atoms with Crippen LogP contribution in [0, 0.1) is 20.8 Å². The lowest BCUT2D eigenvalue weighted by Gasteiger charge is -2.32. The van der Waals surface area contributed by atoms with Gasteiger partial charge in [0.1, 0.15) is 11.5 Å². The number of rotatable bonds is 6. The normalized spacial score (nSPS) is 14.7. The molecule has 0 aliphatic carbocycles. The summed E-state index contributed by atoms with van der Waals surface area (Å²) in [6.45, 7) is 10.6. The molecule has 2 aromatic heterocycles. The van der Waals surface area contributed by atoms with E-state index >= 15 is 0 Å². The number of piperidine rings is 1. The molecule has 0 unspecified atom stereocenters. The summed E-state index contributed by atoms with van der Waals surface area (Å²) in [6, 6.07) is 8.09. The summed E-state index contributed by atoms with van der Waals surface area (Å²) < 4.78 is 5.61. The molecule has 1 saturated heterocycles. The fraction of sp³-hybridized carbons (Fsp3) is 0.440. The zero-order valence-corrected chi connectivity index (χ0v) is 19.3. The van der Waals surface area contributed by atoms with Crippen molar-refractivity contribution >= 4 is 5.91 Å². The molecule has 1 aromatic carbocycles. The Bertz CT molecular complexity index is 1100. The number of carbonyl (C=O) groups excluding carboxylic acids is 1. The Morgan fingerprint density at radius 3 is 2.66 bits per heavy atom. The molecule has 1 amide bonds. The van der Waals surface area contributed by atoms with E-state index in [0.29, 0.717) is 37.9 Å². The predicted molar refractivity (Wildman–Crippen MR) is 123 cm³/mol. The van der Waals surface area contributed by atoms with E-state index in [1.54, 1.807) is 0 Å². The van der Waals surface area contributed by atoms with Crippen molar-refractivity contribution in [3.63, 3.8) is 0 Å². The Kier molecular flexibility index (Phi) is 6.65. The monoisotopic (exact) mass is 433 g/mol. The maximum Gasteiger partial charge on any atom is 0.271 e. The summed E-state index contributed by atoms with van der Waals surface area (Å²) in [5.41, 5.74) is 6.92. The van der Waals surface area contributed by atoms with Crippen molar-refractivity contribution < 1.29 is 9.53 Å². The molecule has 4 rings (SSSR count). The first-order valence-corrected chi connectivity index (χ1v) is 11.3. The number of ether oxygens (including phenoxy) is 1. The van der Waals surface area contributed by atoms with Gasteiger partial charge >= 0.3 is 0 Å². The molecular weight excluding hydrogens is 402 g/mol. The van der Waals surface area contributed by atoms with Crippen molar-refractivity contribution in [2.24, 2.45) is 0 Å². The van der Waals surface area contributed by atoms with Gasteiger partial charge in [0.2, 0.25) is 0 Å². The quantitative estimate of drug-likeness (QED) is 0.625. The highest BCUT2D eigenvalue weighted by atomic mass is 16.5. The maximum absolute atomic E-state index is 13.1. The molecule has 1 aliphatic heterocycles. The maximum atomic E-state index is 13.1. The minimum absolute atomic E-state index is 0.000517. The number of likely N-dealkylation sites (tertiary alicyclic amines) is 1. The lowest BCUT2D eigenvalue weighted by molar-refractivity contribution is 0.0704. The predicted octanol–water partition coefficient (Wildman–Crippen LogP) is 4.35. The summed E-state index contributed by atoms with van der Waals surface area (Å²) >= 11 is 0. The van der Waals surface area contributed by atoms with Gasteiger partial charge in [0, 0.05) is 42.9 Å². The molecule has 7 nitrogen and oxygen atoms in total. The van der Waals surface area contributed by atoms with Crippen molar-refractivity contribution in [2.45, 2.75) is 53.1 Å². The smallest absolute Gasteiger partial charge is 0.271 e. The molecule has 1 fully saturated rings. The second-order valence-corrected chi connectivity index (χ2v) is 8.50. The highest BCUT2D eigenvalue weighted by Crippen LogP contribution is 2.30. The molecule has 3 heterocycles. The molecule has 168 valence electrons. The van der Waals surface area contributed by atoms with Gasteiger partial charge in [-0.1, -0.05) is 12.1 Å². The van der Waals surface area contributed by atoms with Gasteiger partial charge in [-0.15, -0.1) is 0 Å². The van der Waals surface area contributed by atoms with Crippen LogP contribution in [0.1, 0.15) is 64.4 Å². The Morgan fingerprint density at radius 2 is 1.94 bits per heavy atom. The van der Waals surface area contributed by atoms with E-state index in [4.69, 9.17) is 9.72 Å². The Balaban J connectivity index is 1.43. The number of nitrogens with one attached hydrogen (secondary N) is 1. The fourth-order valence-corrected chi connectivity index (χ4v) is 4.20. The zero-order chi connectivity index (χ0) is 22.7. The van der Waals surface area contributed by atoms with Crippen LogP contribution >= 0.6 is 0 Å². The van der Waals surface area contributed by atoms with Crippen LogP contribution in [0.4, 0.5) is 0 Å². The fourth-order valence-electron chi connectivity index (χ4n) is 4.20. The van der Waals surface area contributed by atoms with Gasteiger partial charge in [-0.3, -0.25) is 9.89 Å². The van der Waals surface area contributed by atoms with E-state index < -0.39 is 0 Å². The SMILES string of the molecule is CCOCc1cnc(C)nc1C1CCN(C(=O)c2cc(-c3ccc(C)c(C)c3)n[nH]2)CC1. The van der Waals surface area contributed by atoms with Crippen LogP contribution in [0.3, 0.4) is 0 Å². The molecule has 32 heavy (non-hydrogen) atoms. The minimum atomic E-state index is -0.000517. The second kappa shape index (κ2) is 9.61. The molecule has 0 spiro atoms. The average Bonchev–Trinajstić information content (AvgIpc) is 3.30. The number of aryl methyl sites for hydroxylation is 3. The summed E-state index contributed by atoms with van der Waals surface area (Å²) in [5, 5.41) is 7.32. The lowest BCUT2D eigenvalue weighted by atomic mass is 9.90. The lowest BCUT2D eigenvalue weighted by Crippen LogP contribution is -2.38. The molecule has 3 aromatic rings. The topological polar surface area (TPSA) is 84.0 Å². The highest BCUT2D eigenvalue weighted by Gasteiger charge is 2.28. The summed E-state index contributed by atoms with van der Waals surface area (Å²) in [6.07, 6.45) is 3.63. The summed E-state index contributed by atoms with van der Waals surface area (Å²) in [7, 11) is 0. The van der Waals surface area contributed by atoms with Gasteiger partial charge in [0.05, 0.1) is 18.0 Å². The van der Waals surface area contributed by atoms with Gasteiger partial charge in [0.25, 0.3) is 5.91 Å². The number of H-pyrrole nitrogens is 1. The number of carbonyl (C=O) groups is 1. The van der Waals surface area contributed by atoms with Crippen LogP contribution in [0.15, 0.2) is 30.5 Å². The molecule has 1 aliphatic rings. The van der Waals surface area contributed by atoms with Crippen LogP contribution in [0.2, 0.25) is 0 Å². The summed E-state index contributed by atoms with van der Waals surface area (Å²) in [4.78, 5) is 24.0. The molecule has 0 saturated carbocycles. The van der Waals surface area contributed by atoms with Crippen molar-refractivity contribution in [1.29, 1.82) is 0 Å². The largest absolute Gasteiger partial charge is 0.377 e. The van der Waals surface area contributed by atoms with Crippen molar-refractivity contribution in [1.82, 2.24) is 25.1 Å². The Labute approximate surface area is 189 Å². The van der Waals surface area contributed by atoms with Crippen LogP contribution in [0.25, 0.3) is 11.3 Å². The van der Waals surface area contributed by atoms with E-state index in [0.717, 1.165) is 41.2 Å². The number of amides is 1. The van der Waals surface area contributed by atoms with E-state index in [2.05, 4.69) is 41.2 Å².